The van der Waals surface area contributed by atoms with E-state index in [0.29, 0.717) is 19.7 Å². The van der Waals surface area contributed by atoms with Crippen LogP contribution < -0.4 is 15.4 Å². The first-order valence-corrected chi connectivity index (χ1v) is 9.34. The molecule has 9 heteroatoms. The van der Waals surface area contributed by atoms with Crippen LogP contribution in [0.3, 0.4) is 0 Å². The van der Waals surface area contributed by atoms with Crippen LogP contribution in [0.1, 0.15) is 30.3 Å². The number of rotatable bonds is 7. The maximum absolute atomic E-state index is 6.16. The SMILES string of the molecule is CCNC(=NCc1ccc(C)cc1OC1CCOC1)NCc1ncnn1C.I. The maximum Gasteiger partial charge on any atom is 0.191 e. The van der Waals surface area contributed by atoms with Gasteiger partial charge in [0.1, 0.15) is 24.0 Å². The second-order valence-corrected chi connectivity index (χ2v) is 6.56. The normalized spacial score (nSPS) is 16.5. The van der Waals surface area contributed by atoms with Gasteiger partial charge in [-0.1, -0.05) is 12.1 Å². The van der Waals surface area contributed by atoms with E-state index < -0.39 is 0 Å². The molecule has 0 aliphatic carbocycles. The Kier molecular flexibility index (Phi) is 8.97. The second-order valence-electron chi connectivity index (χ2n) is 6.56. The van der Waals surface area contributed by atoms with Crippen molar-refractivity contribution in [2.75, 3.05) is 19.8 Å². The first-order valence-electron chi connectivity index (χ1n) is 9.34. The minimum absolute atomic E-state index is 0. The minimum Gasteiger partial charge on any atom is -0.488 e. The summed E-state index contributed by atoms with van der Waals surface area (Å²) in [4.78, 5) is 8.93. The molecule has 1 saturated heterocycles. The molecule has 1 aromatic carbocycles. The van der Waals surface area contributed by atoms with Crippen molar-refractivity contribution in [3.8, 4) is 5.75 Å². The first-order chi connectivity index (χ1) is 13.2. The van der Waals surface area contributed by atoms with Crippen LogP contribution in [-0.2, 0) is 24.9 Å². The number of aromatic nitrogens is 3. The van der Waals surface area contributed by atoms with Crippen molar-refractivity contribution in [2.24, 2.45) is 12.0 Å². The Labute approximate surface area is 183 Å². The highest BCUT2D eigenvalue weighted by molar-refractivity contribution is 14.0. The molecule has 0 bridgehead atoms. The van der Waals surface area contributed by atoms with Crippen molar-refractivity contribution >= 4 is 29.9 Å². The summed E-state index contributed by atoms with van der Waals surface area (Å²) in [5.74, 6) is 2.47. The summed E-state index contributed by atoms with van der Waals surface area (Å²) in [6.45, 7) is 7.38. The third-order valence-electron chi connectivity index (χ3n) is 4.38. The number of nitrogens with one attached hydrogen (secondary N) is 2. The van der Waals surface area contributed by atoms with Crippen molar-refractivity contribution < 1.29 is 9.47 Å². The third kappa shape index (κ3) is 6.33. The van der Waals surface area contributed by atoms with Gasteiger partial charge in [0.2, 0.25) is 0 Å². The summed E-state index contributed by atoms with van der Waals surface area (Å²) in [5.41, 5.74) is 2.23. The highest BCUT2D eigenvalue weighted by Crippen LogP contribution is 2.24. The fraction of sp³-hybridized carbons (Fsp3) is 0.526. The minimum atomic E-state index is 0. The van der Waals surface area contributed by atoms with Crippen molar-refractivity contribution in [3.05, 3.63) is 41.5 Å². The number of benzene rings is 1. The molecule has 154 valence electrons. The summed E-state index contributed by atoms with van der Waals surface area (Å²) < 4.78 is 13.3. The van der Waals surface area contributed by atoms with Crippen LogP contribution in [-0.4, -0.2) is 46.6 Å². The molecular formula is C19H29IN6O2. The Morgan fingerprint density at radius 2 is 2.25 bits per heavy atom. The number of hydrogen-bond donors (Lipinski definition) is 2. The van der Waals surface area contributed by atoms with Crippen molar-refractivity contribution in [3.63, 3.8) is 0 Å². The van der Waals surface area contributed by atoms with Crippen LogP contribution in [0.15, 0.2) is 29.5 Å². The van der Waals surface area contributed by atoms with Gasteiger partial charge in [0.05, 0.1) is 26.3 Å². The van der Waals surface area contributed by atoms with Gasteiger partial charge in [-0.25, -0.2) is 9.98 Å². The molecule has 8 nitrogen and oxygen atoms in total. The second kappa shape index (κ2) is 11.2. The molecule has 1 aliphatic heterocycles. The highest BCUT2D eigenvalue weighted by Gasteiger charge is 2.18. The molecule has 0 radical (unpaired) electrons. The Balaban J connectivity index is 0.00000280. The zero-order valence-corrected chi connectivity index (χ0v) is 19.0. The number of halogens is 1. The van der Waals surface area contributed by atoms with Crippen molar-refractivity contribution in [1.82, 2.24) is 25.4 Å². The van der Waals surface area contributed by atoms with Gasteiger partial charge in [-0.3, -0.25) is 4.68 Å². The monoisotopic (exact) mass is 500 g/mol. The number of ether oxygens (including phenoxy) is 2. The van der Waals surface area contributed by atoms with Crippen molar-refractivity contribution in [2.45, 2.75) is 39.5 Å². The molecule has 28 heavy (non-hydrogen) atoms. The molecule has 2 aromatic rings. The standard InChI is InChI=1S/C19H28N6O2.HI/c1-4-20-19(22-11-18-23-13-24-25(18)3)21-10-15-6-5-14(2)9-17(15)27-16-7-8-26-12-16;/h5-6,9,13,16H,4,7-8,10-12H2,1-3H3,(H2,20,21,22);1H. The van der Waals surface area contributed by atoms with Gasteiger partial charge in [-0.15, -0.1) is 24.0 Å². The average molecular weight is 500 g/mol. The Morgan fingerprint density at radius 1 is 1.39 bits per heavy atom. The van der Waals surface area contributed by atoms with E-state index in [1.165, 1.54) is 5.56 Å². The lowest BCUT2D eigenvalue weighted by atomic mass is 10.1. The number of guanidine groups is 1. The average Bonchev–Trinajstić information content (AvgIpc) is 3.30. The molecule has 1 aliphatic rings. The quantitative estimate of drug-likeness (QED) is 0.345. The van der Waals surface area contributed by atoms with E-state index in [1.54, 1.807) is 11.0 Å². The molecule has 1 unspecified atom stereocenters. The van der Waals surface area contributed by atoms with E-state index in [-0.39, 0.29) is 30.1 Å². The van der Waals surface area contributed by atoms with E-state index in [9.17, 15) is 0 Å². The fourth-order valence-corrected chi connectivity index (χ4v) is 2.84. The zero-order chi connectivity index (χ0) is 19.1. The Bertz CT molecular complexity index is 774. The number of nitrogens with zero attached hydrogens (tertiary/aromatic N) is 4. The summed E-state index contributed by atoms with van der Waals surface area (Å²) in [5, 5.41) is 10.6. The van der Waals surface area contributed by atoms with Gasteiger partial charge in [-0.2, -0.15) is 5.10 Å². The summed E-state index contributed by atoms with van der Waals surface area (Å²) >= 11 is 0. The summed E-state index contributed by atoms with van der Waals surface area (Å²) in [6, 6.07) is 6.24. The summed E-state index contributed by atoms with van der Waals surface area (Å²) in [7, 11) is 1.87. The molecule has 3 rings (SSSR count). The molecule has 2 N–H and O–H groups in total. The summed E-state index contributed by atoms with van der Waals surface area (Å²) in [6.07, 6.45) is 2.60. The molecular weight excluding hydrogens is 471 g/mol. The largest absolute Gasteiger partial charge is 0.488 e. The lowest BCUT2D eigenvalue weighted by molar-refractivity contribution is 0.140. The van der Waals surface area contributed by atoms with E-state index >= 15 is 0 Å². The van der Waals surface area contributed by atoms with E-state index in [2.05, 4.69) is 45.8 Å². The molecule has 0 saturated carbocycles. The van der Waals surface area contributed by atoms with Crippen LogP contribution in [0.2, 0.25) is 0 Å². The smallest absolute Gasteiger partial charge is 0.191 e. The van der Waals surface area contributed by atoms with Gasteiger partial charge in [0, 0.05) is 25.6 Å². The van der Waals surface area contributed by atoms with Crippen LogP contribution in [0.25, 0.3) is 0 Å². The predicted molar refractivity (Wildman–Crippen MR) is 119 cm³/mol. The third-order valence-corrected chi connectivity index (χ3v) is 4.38. The Morgan fingerprint density at radius 3 is 2.93 bits per heavy atom. The molecule has 0 spiro atoms. The molecule has 0 amide bonds. The van der Waals surface area contributed by atoms with Gasteiger partial charge >= 0.3 is 0 Å². The topological polar surface area (TPSA) is 85.6 Å². The highest BCUT2D eigenvalue weighted by atomic mass is 127. The predicted octanol–water partition coefficient (Wildman–Crippen LogP) is 2.16. The number of hydrogen-bond acceptors (Lipinski definition) is 5. The van der Waals surface area contributed by atoms with E-state index in [4.69, 9.17) is 14.5 Å². The first kappa shape index (κ1) is 22.4. The van der Waals surface area contributed by atoms with Gasteiger partial charge in [0.15, 0.2) is 5.96 Å². The van der Waals surface area contributed by atoms with Crippen LogP contribution in [0.5, 0.6) is 5.75 Å². The fourth-order valence-electron chi connectivity index (χ4n) is 2.84. The van der Waals surface area contributed by atoms with Gasteiger partial charge < -0.3 is 20.1 Å². The van der Waals surface area contributed by atoms with Crippen molar-refractivity contribution in [1.29, 1.82) is 0 Å². The van der Waals surface area contributed by atoms with Crippen LogP contribution in [0.4, 0.5) is 0 Å². The van der Waals surface area contributed by atoms with E-state index in [1.807, 2.05) is 14.0 Å². The maximum atomic E-state index is 6.16. The number of aryl methyl sites for hydroxylation is 2. The molecule has 1 aromatic heterocycles. The van der Waals surface area contributed by atoms with Crippen LogP contribution in [0, 0.1) is 6.92 Å². The zero-order valence-electron chi connectivity index (χ0n) is 16.6. The lowest BCUT2D eigenvalue weighted by Gasteiger charge is -2.16. The van der Waals surface area contributed by atoms with E-state index in [0.717, 1.165) is 42.7 Å². The number of aliphatic imine (C=N–C) groups is 1. The molecule has 1 fully saturated rings. The van der Waals surface area contributed by atoms with Gasteiger partial charge in [-0.05, 0) is 25.5 Å². The van der Waals surface area contributed by atoms with Gasteiger partial charge in [0.25, 0.3) is 0 Å². The van der Waals surface area contributed by atoms with Crippen LogP contribution >= 0.6 is 24.0 Å². The molecule has 2 heterocycles. The molecule has 1 atom stereocenters. The lowest BCUT2D eigenvalue weighted by Crippen LogP contribution is -2.37. The Hall–Kier alpha value is -1.88.